The quantitative estimate of drug-likeness (QED) is 0.890. The summed E-state index contributed by atoms with van der Waals surface area (Å²) in [6.07, 6.45) is 1.97. The molecule has 4 nitrogen and oxygen atoms in total. The predicted octanol–water partition coefficient (Wildman–Crippen LogP) is 3.13. The number of rotatable bonds is 5. The molecule has 0 saturated carbocycles. The van der Waals surface area contributed by atoms with E-state index in [1.165, 1.54) is 12.1 Å². The Labute approximate surface area is 128 Å². The van der Waals surface area contributed by atoms with Crippen LogP contribution < -0.4 is 11.1 Å². The Hall–Kier alpha value is -2.69. The highest BCUT2D eigenvalue weighted by Gasteiger charge is 2.11. The smallest absolute Gasteiger partial charge is 0.255 e. The molecule has 0 radical (unpaired) electrons. The van der Waals surface area contributed by atoms with E-state index in [4.69, 9.17) is 5.73 Å². The van der Waals surface area contributed by atoms with Crippen LogP contribution in [-0.4, -0.2) is 11.8 Å². The number of anilines is 1. The average molecular weight is 300 g/mol. The number of halogens is 1. The monoisotopic (exact) mass is 300 g/mol. The Morgan fingerprint density at radius 3 is 2.32 bits per heavy atom. The summed E-state index contributed by atoms with van der Waals surface area (Å²) >= 11 is 0. The molecule has 2 aromatic rings. The van der Waals surface area contributed by atoms with Crippen molar-refractivity contribution in [2.45, 2.75) is 19.8 Å². The van der Waals surface area contributed by atoms with Crippen molar-refractivity contribution in [2.24, 2.45) is 5.73 Å². The summed E-state index contributed by atoms with van der Waals surface area (Å²) in [4.78, 5) is 23.2. The van der Waals surface area contributed by atoms with Crippen molar-refractivity contribution in [1.29, 1.82) is 0 Å². The molecule has 2 amide bonds. The second-order valence-corrected chi connectivity index (χ2v) is 4.96. The normalized spacial score (nSPS) is 10.3. The highest BCUT2D eigenvalue weighted by atomic mass is 19.1. The summed E-state index contributed by atoms with van der Waals surface area (Å²) in [5.41, 5.74) is 6.77. The van der Waals surface area contributed by atoms with E-state index >= 15 is 0 Å². The van der Waals surface area contributed by atoms with Crippen molar-refractivity contribution in [3.8, 4) is 0 Å². The number of nitrogens with one attached hydrogen (secondary N) is 1. The van der Waals surface area contributed by atoms with Crippen LogP contribution in [0.25, 0.3) is 0 Å². The summed E-state index contributed by atoms with van der Waals surface area (Å²) in [6, 6.07) is 10.7. The molecule has 0 spiro atoms. The third-order valence-electron chi connectivity index (χ3n) is 3.25. The minimum atomic E-state index is -0.681. The molecule has 5 heteroatoms. The molecule has 2 aromatic carbocycles. The van der Waals surface area contributed by atoms with Crippen LogP contribution in [0.2, 0.25) is 0 Å². The van der Waals surface area contributed by atoms with E-state index in [2.05, 4.69) is 12.2 Å². The Balaban J connectivity index is 2.17. The number of nitrogens with two attached hydrogens (primary N) is 1. The fraction of sp³-hybridized carbons (Fsp3) is 0.176. The summed E-state index contributed by atoms with van der Waals surface area (Å²) in [5.74, 6) is -1.75. The molecule has 3 N–H and O–H groups in total. The van der Waals surface area contributed by atoms with Gasteiger partial charge in [-0.1, -0.05) is 25.5 Å². The Morgan fingerprint density at radius 1 is 1.09 bits per heavy atom. The van der Waals surface area contributed by atoms with Gasteiger partial charge < -0.3 is 11.1 Å². The zero-order chi connectivity index (χ0) is 16.1. The van der Waals surface area contributed by atoms with E-state index in [1.807, 2.05) is 12.1 Å². The number of carbonyl (C=O) groups is 2. The standard InChI is InChI=1S/C17H17FN2O2/c1-2-3-11-4-6-12(7-5-11)17(22)20-15-10-13(16(19)21)8-9-14(15)18/h4-10H,2-3H2,1H3,(H2,19,21)(H,20,22). The van der Waals surface area contributed by atoms with Gasteiger partial charge >= 0.3 is 0 Å². The Bertz CT molecular complexity index is 696. The second kappa shape index (κ2) is 6.85. The molecular weight excluding hydrogens is 283 g/mol. The van der Waals surface area contributed by atoms with Crippen LogP contribution >= 0.6 is 0 Å². The molecule has 0 fully saturated rings. The molecule has 0 aliphatic rings. The largest absolute Gasteiger partial charge is 0.366 e. The molecule has 0 saturated heterocycles. The lowest BCUT2D eigenvalue weighted by Gasteiger charge is -2.08. The first kappa shape index (κ1) is 15.7. The van der Waals surface area contributed by atoms with Crippen molar-refractivity contribution in [3.05, 3.63) is 65.0 Å². The molecule has 0 unspecified atom stereocenters. The first-order valence-electron chi connectivity index (χ1n) is 7.01. The van der Waals surface area contributed by atoms with Gasteiger partial charge in [0.1, 0.15) is 5.82 Å². The summed E-state index contributed by atoms with van der Waals surface area (Å²) in [5, 5.41) is 2.45. The van der Waals surface area contributed by atoms with Crippen LogP contribution in [0.1, 0.15) is 39.6 Å². The lowest BCUT2D eigenvalue weighted by atomic mass is 10.1. The minimum Gasteiger partial charge on any atom is -0.366 e. The van der Waals surface area contributed by atoms with Gasteiger partial charge in [0.15, 0.2) is 0 Å². The SMILES string of the molecule is CCCc1ccc(C(=O)Nc2cc(C(N)=O)ccc2F)cc1. The first-order valence-corrected chi connectivity index (χ1v) is 7.01. The van der Waals surface area contributed by atoms with Gasteiger partial charge in [-0.05, 0) is 42.3 Å². The number of carbonyl (C=O) groups excluding carboxylic acids is 2. The zero-order valence-electron chi connectivity index (χ0n) is 12.2. The van der Waals surface area contributed by atoms with Gasteiger partial charge in [0.2, 0.25) is 5.91 Å². The summed E-state index contributed by atoms with van der Waals surface area (Å²) in [6.45, 7) is 2.08. The van der Waals surface area contributed by atoms with Gasteiger partial charge in [-0.25, -0.2) is 4.39 Å². The number of primary amides is 1. The van der Waals surface area contributed by atoms with Gasteiger partial charge in [-0.3, -0.25) is 9.59 Å². The number of hydrogen-bond donors (Lipinski definition) is 2. The molecule has 114 valence electrons. The highest BCUT2D eigenvalue weighted by molar-refractivity contribution is 6.05. The summed E-state index contributed by atoms with van der Waals surface area (Å²) < 4.78 is 13.7. The van der Waals surface area contributed by atoms with Crippen molar-refractivity contribution in [1.82, 2.24) is 0 Å². The average Bonchev–Trinajstić information content (AvgIpc) is 2.50. The van der Waals surface area contributed by atoms with Crippen molar-refractivity contribution < 1.29 is 14.0 Å². The highest BCUT2D eigenvalue weighted by Crippen LogP contribution is 2.17. The number of benzene rings is 2. The predicted molar refractivity (Wildman–Crippen MR) is 83.3 cm³/mol. The van der Waals surface area contributed by atoms with E-state index in [9.17, 15) is 14.0 Å². The molecule has 0 aliphatic carbocycles. The van der Waals surface area contributed by atoms with Gasteiger partial charge in [-0.2, -0.15) is 0 Å². The zero-order valence-corrected chi connectivity index (χ0v) is 12.2. The first-order chi connectivity index (χ1) is 10.5. The second-order valence-electron chi connectivity index (χ2n) is 4.96. The van der Waals surface area contributed by atoms with Crippen LogP contribution in [0.15, 0.2) is 42.5 Å². The van der Waals surface area contributed by atoms with Crippen LogP contribution in [0.3, 0.4) is 0 Å². The fourth-order valence-electron chi connectivity index (χ4n) is 2.08. The Morgan fingerprint density at radius 2 is 1.73 bits per heavy atom. The van der Waals surface area contributed by atoms with E-state index in [0.29, 0.717) is 5.56 Å². The molecular formula is C17H17FN2O2. The van der Waals surface area contributed by atoms with E-state index in [-0.39, 0.29) is 11.3 Å². The minimum absolute atomic E-state index is 0.0704. The van der Waals surface area contributed by atoms with E-state index in [1.54, 1.807) is 12.1 Å². The van der Waals surface area contributed by atoms with Crippen molar-refractivity contribution >= 4 is 17.5 Å². The number of hydrogen-bond acceptors (Lipinski definition) is 2. The third kappa shape index (κ3) is 3.69. The molecule has 0 bridgehead atoms. The van der Waals surface area contributed by atoms with E-state index in [0.717, 1.165) is 24.5 Å². The van der Waals surface area contributed by atoms with E-state index < -0.39 is 17.6 Å². The third-order valence-corrected chi connectivity index (χ3v) is 3.25. The molecule has 22 heavy (non-hydrogen) atoms. The molecule has 2 rings (SSSR count). The van der Waals surface area contributed by atoms with Gasteiger partial charge in [-0.15, -0.1) is 0 Å². The molecule has 0 aromatic heterocycles. The summed E-state index contributed by atoms with van der Waals surface area (Å²) in [7, 11) is 0. The van der Waals surface area contributed by atoms with Gasteiger partial charge in [0.25, 0.3) is 5.91 Å². The topological polar surface area (TPSA) is 72.2 Å². The molecule has 0 atom stereocenters. The van der Waals surface area contributed by atoms with Crippen molar-refractivity contribution in [2.75, 3.05) is 5.32 Å². The van der Waals surface area contributed by atoms with Gasteiger partial charge in [0, 0.05) is 11.1 Å². The van der Waals surface area contributed by atoms with Crippen molar-refractivity contribution in [3.63, 3.8) is 0 Å². The van der Waals surface area contributed by atoms with Crippen LogP contribution in [0, 0.1) is 5.82 Å². The van der Waals surface area contributed by atoms with Crippen LogP contribution in [0.5, 0.6) is 0 Å². The number of aryl methyl sites for hydroxylation is 1. The molecule has 0 heterocycles. The lowest BCUT2D eigenvalue weighted by Crippen LogP contribution is -2.15. The van der Waals surface area contributed by atoms with Crippen LogP contribution in [-0.2, 0) is 6.42 Å². The van der Waals surface area contributed by atoms with Gasteiger partial charge in [0.05, 0.1) is 5.69 Å². The Kier molecular flexibility index (Phi) is 4.88. The number of amides is 2. The maximum Gasteiger partial charge on any atom is 0.255 e. The fourth-order valence-corrected chi connectivity index (χ4v) is 2.08. The van der Waals surface area contributed by atoms with Crippen LogP contribution in [0.4, 0.5) is 10.1 Å². The molecule has 0 aliphatic heterocycles. The maximum atomic E-state index is 13.7. The lowest BCUT2D eigenvalue weighted by molar-refractivity contribution is 0.0996. The maximum absolute atomic E-state index is 13.7.